The average molecular weight is 577 g/mol. The molecule has 4 rings (SSSR count). The zero-order chi connectivity index (χ0) is 27.4. The second-order valence-corrected chi connectivity index (χ2v) is 14.2. The second kappa shape index (κ2) is 12.2. The van der Waals surface area contributed by atoms with Crippen LogP contribution in [0, 0.1) is 26.7 Å². The van der Waals surface area contributed by atoms with Crippen molar-refractivity contribution in [1.82, 2.24) is 14.5 Å². The van der Waals surface area contributed by atoms with Gasteiger partial charge >= 0.3 is 5.69 Å². The number of hydrogen-bond donors (Lipinski definition) is 1. The van der Waals surface area contributed by atoms with Crippen LogP contribution in [0.25, 0.3) is 5.69 Å². The summed E-state index contributed by atoms with van der Waals surface area (Å²) in [5, 5.41) is 0. The van der Waals surface area contributed by atoms with Crippen molar-refractivity contribution in [2.45, 2.75) is 75.3 Å². The summed E-state index contributed by atoms with van der Waals surface area (Å²) in [4.78, 5) is 32.5. The summed E-state index contributed by atoms with van der Waals surface area (Å²) in [6, 6.07) is 6.56. The van der Waals surface area contributed by atoms with Crippen molar-refractivity contribution < 1.29 is 13.2 Å². The molecule has 1 amide bonds. The number of hydrogen-bond acceptors (Lipinski definition) is 7. The van der Waals surface area contributed by atoms with Crippen molar-refractivity contribution in [3.8, 4) is 5.69 Å². The van der Waals surface area contributed by atoms with Gasteiger partial charge in [-0.1, -0.05) is 37.5 Å². The number of benzene rings is 1. The highest BCUT2D eigenvalue weighted by atomic mass is 32.2. The summed E-state index contributed by atoms with van der Waals surface area (Å²) in [7, 11) is -3.91. The number of anilines is 1. The normalized spacial score (nSPS) is 14.8. The fourth-order valence-corrected chi connectivity index (χ4v) is 8.29. The van der Waals surface area contributed by atoms with Gasteiger partial charge in [-0.25, -0.2) is 13.2 Å². The van der Waals surface area contributed by atoms with Gasteiger partial charge in [0.1, 0.15) is 5.69 Å². The number of sulfonamides is 1. The van der Waals surface area contributed by atoms with Crippen LogP contribution in [0.5, 0.6) is 0 Å². The molecular formula is C27H36N4O4S3. The van der Waals surface area contributed by atoms with Crippen LogP contribution in [-0.2, 0) is 14.8 Å². The number of carbonyl (C=O) groups is 1. The van der Waals surface area contributed by atoms with Crippen molar-refractivity contribution in [2.24, 2.45) is 5.92 Å². The zero-order valence-corrected chi connectivity index (χ0v) is 24.9. The molecule has 0 aromatic heterocycles. The molecule has 8 nitrogen and oxygen atoms in total. The van der Waals surface area contributed by atoms with Gasteiger partial charge in [0.2, 0.25) is 5.91 Å². The third-order valence-corrected chi connectivity index (χ3v) is 11.1. The Labute approximate surface area is 233 Å². The average Bonchev–Trinajstić information content (AvgIpc) is 3.21. The molecule has 0 radical (unpaired) electrons. The highest BCUT2D eigenvalue weighted by Crippen LogP contribution is 2.40. The van der Waals surface area contributed by atoms with Crippen LogP contribution < -0.4 is 10.4 Å². The summed E-state index contributed by atoms with van der Waals surface area (Å²) < 4.78 is 31.2. The molecule has 0 unspecified atom stereocenters. The fraction of sp³-hybridized carbons (Fsp3) is 0.519. The summed E-state index contributed by atoms with van der Waals surface area (Å²) in [5.74, 6) is 1.59. The van der Waals surface area contributed by atoms with Crippen molar-refractivity contribution in [2.75, 3.05) is 23.6 Å². The van der Waals surface area contributed by atoms with Crippen LogP contribution in [0.2, 0.25) is 0 Å². The molecule has 3 aliphatic rings. The summed E-state index contributed by atoms with van der Waals surface area (Å²) in [6.07, 6.45) is 5.68. The number of nitrogens with zero attached hydrogens (tertiary/aromatic N) is 3. The molecule has 0 bridgehead atoms. The van der Waals surface area contributed by atoms with Gasteiger partial charge < -0.3 is 4.90 Å². The van der Waals surface area contributed by atoms with Gasteiger partial charge in [-0.3, -0.25) is 14.1 Å². The van der Waals surface area contributed by atoms with Crippen LogP contribution in [0.15, 0.2) is 38.2 Å². The van der Waals surface area contributed by atoms with Gasteiger partial charge in [0.25, 0.3) is 10.0 Å². The Hall–Kier alpha value is -2.37. The standard InChI is InChI=1S/C27H36N4O4S3/c1-5-6-7-8-23(32)30-15-13-21(14-16-30)17-36-26-24-25(28-27(33)31(24)19(3)20(4)37-26)29-38(34,35)22-11-9-18(2)10-12-22/h9-12,21H,5-8,13-17H2,1-4H3,(H,28,29,33). The molecule has 0 saturated carbocycles. The number of unbranched alkanes of at least 4 members (excludes halogenated alkanes) is 2. The van der Waals surface area contributed by atoms with E-state index in [2.05, 4.69) is 16.6 Å². The minimum absolute atomic E-state index is 0.0601. The van der Waals surface area contributed by atoms with E-state index in [0.717, 1.165) is 71.3 Å². The van der Waals surface area contributed by atoms with Gasteiger partial charge in [-0.15, -0.1) is 23.1 Å². The maximum atomic E-state index is 13.1. The van der Waals surface area contributed by atoms with Gasteiger partial charge in [-0.05, 0) is 58.1 Å². The summed E-state index contributed by atoms with van der Waals surface area (Å²) >= 11 is 3.19. The topological polar surface area (TPSA) is 101 Å². The van der Waals surface area contributed by atoms with Crippen LogP contribution in [-0.4, -0.2) is 47.6 Å². The van der Waals surface area contributed by atoms with E-state index in [1.807, 2.05) is 25.7 Å². The van der Waals surface area contributed by atoms with Gasteiger partial charge in [0.15, 0.2) is 5.82 Å². The Morgan fingerprint density at radius 3 is 2.47 bits per heavy atom. The Kier molecular flexibility index (Phi) is 9.20. The summed E-state index contributed by atoms with van der Waals surface area (Å²) in [5.41, 5.74) is 1.72. The number of thioether (sulfide) groups is 1. The molecule has 3 aliphatic heterocycles. The Morgan fingerprint density at radius 2 is 1.82 bits per heavy atom. The SMILES string of the molecule is CCCCCC(=O)N1CCC(CSc2sc(C)c(C)n3c(=O)nc(NS(=O)(=O)c4ccc(C)cc4)c2-3)CC1. The first-order chi connectivity index (χ1) is 18.1. The number of imidazole rings is 1. The molecule has 38 heavy (non-hydrogen) atoms. The largest absolute Gasteiger partial charge is 0.354 e. The predicted octanol–water partition coefficient (Wildman–Crippen LogP) is 5.37. The zero-order valence-electron chi connectivity index (χ0n) is 22.5. The Balaban J connectivity index is 1.51. The van der Waals surface area contributed by atoms with E-state index in [0.29, 0.717) is 18.0 Å². The van der Waals surface area contributed by atoms with Crippen molar-refractivity contribution in [3.05, 3.63) is 50.9 Å². The first kappa shape index (κ1) is 28.6. The summed E-state index contributed by atoms with van der Waals surface area (Å²) in [6.45, 7) is 9.40. The third-order valence-electron chi connectivity index (χ3n) is 7.10. The lowest BCUT2D eigenvalue weighted by Crippen LogP contribution is -2.38. The van der Waals surface area contributed by atoms with E-state index in [1.165, 1.54) is 4.57 Å². The van der Waals surface area contributed by atoms with E-state index in [4.69, 9.17) is 0 Å². The molecular weight excluding hydrogens is 541 g/mol. The lowest BCUT2D eigenvalue weighted by atomic mass is 9.98. The van der Waals surface area contributed by atoms with Crippen molar-refractivity contribution >= 4 is 44.8 Å². The predicted molar refractivity (Wildman–Crippen MR) is 155 cm³/mol. The minimum Gasteiger partial charge on any atom is -0.343 e. The number of aryl methyl sites for hydroxylation is 2. The first-order valence-electron chi connectivity index (χ1n) is 13.1. The van der Waals surface area contributed by atoms with E-state index in [1.54, 1.807) is 47.4 Å². The van der Waals surface area contributed by atoms with E-state index in [9.17, 15) is 18.0 Å². The molecule has 1 saturated heterocycles. The second-order valence-electron chi connectivity index (χ2n) is 9.97. The van der Waals surface area contributed by atoms with Gasteiger partial charge in [-0.2, -0.15) is 4.98 Å². The highest BCUT2D eigenvalue weighted by molar-refractivity contribution is 8.01. The number of fused-ring (bicyclic) bond motifs is 1. The molecule has 1 aromatic rings. The van der Waals surface area contributed by atoms with Crippen LogP contribution in [0.1, 0.15) is 61.6 Å². The number of piperidine rings is 1. The van der Waals surface area contributed by atoms with E-state index < -0.39 is 15.7 Å². The maximum absolute atomic E-state index is 13.1. The molecule has 0 atom stereocenters. The van der Waals surface area contributed by atoms with E-state index >= 15 is 0 Å². The molecule has 11 heteroatoms. The highest BCUT2D eigenvalue weighted by Gasteiger charge is 2.28. The lowest BCUT2D eigenvalue weighted by molar-refractivity contribution is -0.132. The maximum Gasteiger partial charge on any atom is 0.354 e. The van der Waals surface area contributed by atoms with Crippen molar-refractivity contribution in [1.29, 1.82) is 0 Å². The fourth-order valence-electron chi connectivity index (χ4n) is 4.62. The molecule has 1 aromatic carbocycles. The third kappa shape index (κ3) is 6.43. The van der Waals surface area contributed by atoms with Gasteiger partial charge in [0.05, 0.1) is 9.10 Å². The smallest absolute Gasteiger partial charge is 0.343 e. The number of rotatable bonds is 10. The molecule has 1 N–H and O–H groups in total. The number of likely N-dealkylation sites (tertiary alicyclic amines) is 1. The minimum atomic E-state index is -3.91. The molecule has 1 fully saturated rings. The number of carbonyl (C=O) groups excluding carboxylic acids is 1. The lowest BCUT2D eigenvalue weighted by Gasteiger charge is -2.32. The van der Waals surface area contributed by atoms with Crippen LogP contribution >= 0.6 is 23.1 Å². The van der Waals surface area contributed by atoms with Crippen LogP contribution in [0.4, 0.5) is 5.82 Å². The number of nitrogens with one attached hydrogen (secondary N) is 1. The van der Waals surface area contributed by atoms with Crippen molar-refractivity contribution in [3.63, 3.8) is 0 Å². The number of aromatic nitrogens is 2. The molecule has 0 spiro atoms. The molecule has 206 valence electrons. The molecule has 0 aliphatic carbocycles. The van der Waals surface area contributed by atoms with E-state index in [-0.39, 0.29) is 16.6 Å². The first-order valence-corrected chi connectivity index (χ1v) is 16.4. The monoisotopic (exact) mass is 576 g/mol. The Morgan fingerprint density at radius 1 is 1.13 bits per heavy atom. The van der Waals surface area contributed by atoms with Gasteiger partial charge in [0, 0.05) is 35.8 Å². The Bertz CT molecular complexity index is 1410. The molecule has 3 heterocycles. The number of amides is 1. The quantitative estimate of drug-likeness (QED) is 0.257. The van der Waals surface area contributed by atoms with Crippen LogP contribution in [0.3, 0.4) is 0 Å².